The number of benzene rings is 2. The first-order valence-electron chi connectivity index (χ1n) is 9.91. The fourth-order valence-electron chi connectivity index (χ4n) is 3.79. The van der Waals surface area contributed by atoms with E-state index in [0.29, 0.717) is 5.56 Å². The Bertz CT molecular complexity index is 976. The summed E-state index contributed by atoms with van der Waals surface area (Å²) in [5.74, 6) is 0.773. The second kappa shape index (κ2) is 8.49. The van der Waals surface area contributed by atoms with E-state index in [1.54, 1.807) is 18.0 Å². The molecule has 0 radical (unpaired) electrons. The molecule has 0 atom stereocenters. The molecular weight excluding hydrogens is 364 g/mol. The van der Waals surface area contributed by atoms with Gasteiger partial charge in [0.25, 0.3) is 5.91 Å². The van der Waals surface area contributed by atoms with Crippen molar-refractivity contribution >= 4 is 5.91 Å². The van der Waals surface area contributed by atoms with Crippen LogP contribution in [0.1, 0.15) is 21.6 Å². The molecule has 29 heavy (non-hydrogen) atoms. The monoisotopic (exact) mass is 390 g/mol. The molecule has 3 aromatic rings. The summed E-state index contributed by atoms with van der Waals surface area (Å²) in [6.45, 7) is 6.06. The minimum Gasteiger partial charge on any atom is -0.494 e. The molecule has 0 N–H and O–H groups in total. The minimum atomic E-state index is 0.0445. The lowest BCUT2D eigenvalue weighted by Gasteiger charge is -2.34. The standard InChI is InChI=1S/C23H26N4O2/c1-18-20(16-24-27(18)21-10-6-7-11-22(21)29-2)23(28)26-14-12-25(13-15-26)17-19-8-4-3-5-9-19/h3-11,16H,12-15,17H2,1-2H3. The maximum atomic E-state index is 13.1. The van der Waals surface area contributed by atoms with E-state index in [4.69, 9.17) is 4.74 Å². The van der Waals surface area contributed by atoms with E-state index < -0.39 is 0 Å². The van der Waals surface area contributed by atoms with Crippen molar-refractivity contribution in [1.29, 1.82) is 0 Å². The number of hydrogen-bond acceptors (Lipinski definition) is 4. The molecule has 0 unspecified atom stereocenters. The average Bonchev–Trinajstić information content (AvgIpc) is 3.15. The third-order valence-electron chi connectivity index (χ3n) is 5.46. The number of methoxy groups -OCH3 is 1. The Morgan fingerprint density at radius 1 is 1.00 bits per heavy atom. The van der Waals surface area contributed by atoms with E-state index in [1.165, 1.54) is 5.56 Å². The van der Waals surface area contributed by atoms with Crippen molar-refractivity contribution in [2.24, 2.45) is 0 Å². The van der Waals surface area contributed by atoms with E-state index in [9.17, 15) is 4.79 Å². The Morgan fingerprint density at radius 2 is 1.69 bits per heavy atom. The number of carbonyl (C=O) groups is 1. The minimum absolute atomic E-state index is 0.0445. The average molecular weight is 390 g/mol. The number of amides is 1. The first kappa shape index (κ1) is 19.2. The van der Waals surface area contributed by atoms with Crippen LogP contribution in [-0.4, -0.2) is 58.8 Å². The van der Waals surface area contributed by atoms with Crippen molar-refractivity contribution in [3.63, 3.8) is 0 Å². The maximum absolute atomic E-state index is 13.1. The van der Waals surface area contributed by atoms with Gasteiger partial charge in [-0.15, -0.1) is 0 Å². The summed E-state index contributed by atoms with van der Waals surface area (Å²) in [6.07, 6.45) is 1.67. The summed E-state index contributed by atoms with van der Waals surface area (Å²) < 4.78 is 7.22. The van der Waals surface area contributed by atoms with Crippen molar-refractivity contribution in [2.75, 3.05) is 33.3 Å². The lowest BCUT2D eigenvalue weighted by molar-refractivity contribution is 0.0627. The highest BCUT2D eigenvalue weighted by Gasteiger charge is 2.25. The molecule has 1 saturated heterocycles. The highest BCUT2D eigenvalue weighted by molar-refractivity contribution is 5.95. The largest absolute Gasteiger partial charge is 0.494 e. The number of carbonyl (C=O) groups excluding carboxylic acids is 1. The van der Waals surface area contributed by atoms with Gasteiger partial charge in [0.1, 0.15) is 11.4 Å². The second-order valence-electron chi connectivity index (χ2n) is 7.28. The predicted octanol–water partition coefficient (Wildman–Crippen LogP) is 3.15. The molecule has 0 bridgehead atoms. The highest BCUT2D eigenvalue weighted by Crippen LogP contribution is 2.24. The van der Waals surface area contributed by atoms with Crippen LogP contribution in [-0.2, 0) is 6.54 Å². The number of piperazine rings is 1. The molecule has 4 rings (SSSR count). The van der Waals surface area contributed by atoms with Gasteiger partial charge >= 0.3 is 0 Å². The zero-order valence-corrected chi connectivity index (χ0v) is 16.9. The lowest BCUT2D eigenvalue weighted by Crippen LogP contribution is -2.48. The highest BCUT2D eigenvalue weighted by atomic mass is 16.5. The van der Waals surface area contributed by atoms with Crippen LogP contribution in [0.15, 0.2) is 60.8 Å². The second-order valence-corrected chi connectivity index (χ2v) is 7.28. The summed E-state index contributed by atoms with van der Waals surface area (Å²) in [7, 11) is 1.64. The van der Waals surface area contributed by atoms with Crippen molar-refractivity contribution in [3.8, 4) is 11.4 Å². The molecule has 1 fully saturated rings. The number of hydrogen-bond donors (Lipinski definition) is 0. The van der Waals surface area contributed by atoms with Crippen LogP contribution in [0.4, 0.5) is 0 Å². The van der Waals surface area contributed by atoms with Crippen LogP contribution in [0.2, 0.25) is 0 Å². The molecule has 1 aromatic heterocycles. The Morgan fingerprint density at radius 3 is 2.41 bits per heavy atom. The van der Waals surface area contributed by atoms with Gasteiger partial charge < -0.3 is 9.64 Å². The summed E-state index contributed by atoms with van der Waals surface area (Å²) in [6, 6.07) is 18.1. The third kappa shape index (κ3) is 4.03. The Labute approximate surface area is 171 Å². The normalized spacial score (nSPS) is 14.8. The van der Waals surface area contributed by atoms with Gasteiger partial charge in [0.2, 0.25) is 0 Å². The van der Waals surface area contributed by atoms with Crippen LogP contribution >= 0.6 is 0 Å². The smallest absolute Gasteiger partial charge is 0.257 e. The van der Waals surface area contributed by atoms with E-state index in [1.807, 2.05) is 42.2 Å². The molecule has 1 amide bonds. The van der Waals surface area contributed by atoms with Gasteiger partial charge in [-0.3, -0.25) is 9.69 Å². The van der Waals surface area contributed by atoms with Crippen molar-refractivity contribution in [2.45, 2.75) is 13.5 Å². The van der Waals surface area contributed by atoms with E-state index in [2.05, 4.69) is 34.3 Å². The van der Waals surface area contributed by atoms with Crippen LogP contribution in [0.25, 0.3) is 5.69 Å². The lowest BCUT2D eigenvalue weighted by atomic mass is 10.1. The molecule has 0 saturated carbocycles. The van der Waals surface area contributed by atoms with E-state index >= 15 is 0 Å². The van der Waals surface area contributed by atoms with Crippen LogP contribution in [0, 0.1) is 6.92 Å². The molecule has 1 aliphatic heterocycles. The zero-order valence-electron chi connectivity index (χ0n) is 16.9. The SMILES string of the molecule is COc1ccccc1-n1ncc(C(=O)N2CCN(Cc3ccccc3)CC2)c1C. The van der Waals surface area contributed by atoms with E-state index in [0.717, 1.165) is 49.9 Å². The zero-order chi connectivity index (χ0) is 20.2. The fraction of sp³-hybridized carbons (Fsp3) is 0.304. The summed E-state index contributed by atoms with van der Waals surface area (Å²) in [4.78, 5) is 17.4. The van der Waals surface area contributed by atoms with Gasteiger partial charge in [-0.2, -0.15) is 5.10 Å². The van der Waals surface area contributed by atoms with Crippen LogP contribution < -0.4 is 4.74 Å². The Kier molecular flexibility index (Phi) is 5.62. The predicted molar refractivity (Wildman–Crippen MR) is 112 cm³/mol. The van der Waals surface area contributed by atoms with Crippen molar-refractivity contribution in [3.05, 3.63) is 77.6 Å². The number of para-hydroxylation sites is 2. The molecule has 6 nitrogen and oxygen atoms in total. The molecule has 2 aromatic carbocycles. The number of ether oxygens (including phenoxy) is 1. The van der Waals surface area contributed by atoms with Gasteiger partial charge in [-0.25, -0.2) is 4.68 Å². The molecule has 1 aliphatic rings. The first-order valence-corrected chi connectivity index (χ1v) is 9.91. The quantitative estimate of drug-likeness (QED) is 0.672. The maximum Gasteiger partial charge on any atom is 0.257 e. The Hall–Kier alpha value is -3.12. The number of rotatable bonds is 5. The Balaban J connectivity index is 1.44. The van der Waals surface area contributed by atoms with Crippen LogP contribution in [0.5, 0.6) is 5.75 Å². The van der Waals surface area contributed by atoms with Gasteiger partial charge in [0.15, 0.2) is 0 Å². The number of aromatic nitrogens is 2. The van der Waals surface area contributed by atoms with Gasteiger partial charge in [-0.05, 0) is 24.6 Å². The summed E-state index contributed by atoms with van der Waals surface area (Å²) >= 11 is 0. The molecule has 150 valence electrons. The molecular formula is C23H26N4O2. The summed E-state index contributed by atoms with van der Waals surface area (Å²) in [5.41, 5.74) is 3.61. The topological polar surface area (TPSA) is 50.6 Å². The summed E-state index contributed by atoms with van der Waals surface area (Å²) in [5, 5.41) is 4.46. The molecule has 0 aliphatic carbocycles. The van der Waals surface area contributed by atoms with Gasteiger partial charge in [0.05, 0.1) is 24.6 Å². The van der Waals surface area contributed by atoms with Gasteiger partial charge in [-0.1, -0.05) is 42.5 Å². The first-order chi connectivity index (χ1) is 14.2. The van der Waals surface area contributed by atoms with Gasteiger partial charge in [0, 0.05) is 32.7 Å². The number of nitrogens with zero attached hydrogens (tertiary/aromatic N) is 4. The fourth-order valence-corrected chi connectivity index (χ4v) is 3.79. The van der Waals surface area contributed by atoms with Crippen molar-refractivity contribution < 1.29 is 9.53 Å². The molecule has 2 heterocycles. The van der Waals surface area contributed by atoms with E-state index in [-0.39, 0.29) is 5.91 Å². The van der Waals surface area contributed by atoms with Crippen LogP contribution in [0.3, 0.4) is 0 Å². The third-order valence-corrected chi connectivity index (χ3v) is 5.46. The molecule has 6 heteroatoms. The van der Waals surface area contributed by atoms with Crippen molar-refractivity contribution in [1.82, 2.24) is 19.6 Å². The molecule has 0 spiro atoms.